The molecule has 0 unspecified atom stereocenters. The van der Waals surface area contributed by atoms with Crippen LogP contribution in [0.25, 0.3) is 0 Å². The molecule has 0 spiro atoms. The minimum absolute atomic E-state index is 0.336. The molecule has 0 saturated heterocycles. The van der Waals surface area contributed by atoms with E-state index in [1.165, 1.54) is 5.56 Å². The van der Waals surface area contributed by atoms with Gasteiger partial charge in [0.25, 0.3) is 0 Å². The van der Waals surface area contributed by atoms with E-state index >= 15 is 0 Å². The third-order valence-corrected chi connectivity index (χ3v) is 3.48. The highest BCUT2D eigenvalue weighted by molar-refractivity contribution is 9.10. The second-order valence-corrected chi connectivity index (χ2v) is 5.99. The first-order valence-corrected chi connectivity index (χ1v) is 7.31. The lowest BCUT2D eigenvalue weighted by atomic mass is 9.92. The predicted octanol–water partition coefficient (Wildman–Crippen LogP) is 3.88. The van der Waals surface area contributed by atoms with Crippen LogP contribution in [0.5, 0.6) is 5.75 Å². The van der Waals surface area contributed by atoms with Gasteiger partial charge in [-0.1, -0.05) is 13.0 Å². The van der Waals surface area contributed by atoms with E-state index < -0.39 is 0 Å². The summed E-state index contributed by atoms with van der Waals surface area (Å²) in [6, 6.07) is 8.36. The Balaban J connectivity index is 2.54. The van der Waals surface area contributed by atoms with Crippen molar-refractivity contribution >= 4 is 15.9 Å². The van der Waals surface area contributed by atoms with Crippen molar-refractivity contribution in [1.29, 1.82) is 5.26 Å². The number of ether oxygens (including phenoxy) is 1. The summed E-state index contributed by atoms with van der Waals surface area (Å²) >= 11 is 3.52. The molecule has 104 valence electrons. The minimum Gasteiger partial charge on any atom is -0.492 e. The average molecular weight is 325 g/mol. The molecule has 0 aliphatic carbocycles. The van der Waals surface area contributed by atoms with Crippen molar-refractivity contribution in [2.24, 2.45) is 5.41 Å². The van der Waals surface area contributed by atoms with Gasteiger partial charge in [-0.3, -0.25) is 0 Å². The first-order valence-electron chi connectivity index (χ1n) is 6.51. The number of benzene rings is 1. The zero-order chi connectivity index (χ0) is 14.3. The van der Waals surface area contributed by atoms with Crippen molar-refractivity contribution in [1.82, 2.24) is 5.32 Å². The van der Waals surface area contributed by atoms with Crippen molar-refractivity contribution in [3.8, 4) is 11.8 Å². The SMILES string of the molecule is CCNCc1ccc(OCCC(C)(C)C#N)c(Br)c1. The molecule has 3 nitrogen and oxygen atoms in total. The van der Waals surface area contributed by atoms with E-state index in [1.807, 2.05) is 19.9 Å². The van der Waals surface area contributed by atoms with Crippen molar-refractivity contribution in [2.75, 3.05) is 13.2 Å². The van der Waals surface area contributed by atoms with E-state index in [9.17, 15) is 0 Å². The molecule has 4 heteroatoms. The molecule has 19 heavy (non-hydrogen) atoms. The quantitative estimate of drug-likeness (QED) is 0.827. The number of rotatable bonds is 7. The van der Waals surface area contributed by atoms with Gasteiger partial charge in [-0.2, -0.15) is 5.26 Å². The maximum atomic E-state index is 8.94. The van der Waals surface area contributed by atoms with E-state index in [1.54, 1.807) is 0 Å². The van der Waals surface area contributed by atoms with Crippen molar-refractivity contribution < 1.29 is 4.74 Å². The van der Waals surface area contributed by atoms with E-state index in [0.29, 0.717) is 6.61 Å². The van der Waals surface area contributed by atoms with Crippen LogP contribution >= 0.6 is 15.9 Å². The Morgan fingerprint density at radius 1 is 1.42 bits per heavy atom. The second kappa shape index (κ2) is 7.52. The molecule has 0 aliphatic rings. The largest absolute Gasteiger partial charge is 0.492 e. The fourth-order valence-corrected chi connectivity index (χ4v) is 2.05. The summed E-state index contributed by atoms with van der Waals surface area (Å²) in [5.74, 6) is 0.828. The number of hydrogen-bond donors (Lipinski definition) is 1. The minimum atomic E-state index is -0.336. The summed E-state index contributed by atoms with van der Waals surface area (Å²) in [4.78, 5) is 0. The molecule has 0 amide bonds. The lowest BCUT2D eigenvalue weighted by Crippen LogP contribution is -2.13. The summed E-state index contributed by atoms with van der Waals surface area (Å²) in [5, 5.41) is 12.2. The van der Waals surface area contributed by atoms with Crippen LogP contribution in [0.4, 0.5) is 0 Å². The molecule has 0 atom stereocenters. The van der Waals surface area contributed by atoms with Crippen LogP contribution in [0.2, 0.25) is 0 Å². The zero-order valence-electron chi connectivity index (χ0n) is 11.8. The van der Waals surface area contributed by atoms with Gasteiger partial charge in [-0.05, 0) is 60.4 Å². The van der Waals surface area contributed by atoms with Gasteiger partial charge in [-0.15, -0.1) is 0 Å². The second-order valence-electron chi connectivity index (χ2n) is 5.14. The van der Waals surface area contributed by atoms with Gasteiger partial charge in [-0.25, -0.2) is 0 Å². The van der Waals surface area contributed by atoms with Crippen molar-refractivity contribution in [3.05, 3.63) is 28.2 Å². The van der Waals surface area contributed by atoms with Crippen LogP contribution < -0.4 is 10.1 Å². The summed E-state index contributed by atoms with van der Waals surface area (Å²) in [6.45, 7) is 8.29. The van der Waals surface area contributed by atoms with E-state index in [2.05, 4.69) is 46.4 Å². The van der Waals surface area contributed by atoms with Gasteiger partial charge in [0, 0.05) is 6.54 Å². The highest BCUT2D eigenvalue weighted by atomic mass is 79.9. The average Bonchev–Trinajstić information content (AvgIpc) is 2.38. The summed E-state index contributed by atoms with van der Waals surface area (Å²) in [6.07, 6.45) is 0.717. The smallest absolute Gasteiger partial charge is 0.133 e. The molecule has 0 aliphatic heterocycles. The van der Waals surface area contributed by atoms with Gasteiger partial charge >= 0.3 is 0 Å². The third-order valence-electron chi connectivity index (χ3n) is 2.86. The fraction of sp³-hybridized carbons (Fsp3) is 0.533. The molecule has 1 rings (SSSR count). The number of nitrogens with one attached hydrogen (secondary N) is 1. The molecule has 1 aromatic carbocycles. The Morgan fingerprint density at radius 2 is 2.16 bits per heavy atom. The zero-order valence-corrected chi connectivity index (χ0v) is 13.4. The topological polar surface area (TPSA) is 45.0 Å². The molecule has 0 fully saturated rings. The summed E-state index contributed by atoms with van der Waals surface area (Å²) in [5.41, 5.74) is 0.885. The molecule has 0 radical (unpaired) electrons. The predicted molar refractivity (Wildman–Crippen MR) is 81.0 cm³/mol. The molecule has 1 N–H and O–H groups in total. The molecular formula is C15H21BrN2O. The van der Waals surface area contributed by atoms with Gasteiger partial charge in [0.2, 0.25) is 0 Å². The summed E-state index contributed by atoms with van der Waals surface area (Å²) < 4.78 is 6.67. The number of nitriles is 1. The van der Waals surface area contributed by atoms with Gasteiger partial charge in [0.1, 0.15) is 5.75 Å². The molecule has 1 aromatic rings. The normalized spacial score (nSPS) is 11.1. The van der Waals surface area contributed by atoms with E-state index in [-0.39, 0.29) is 5.41 Å². The molecule has 0 saturated carbocycles. The maximum Gasteiger partial charge on any atom is 0.133 e. The van der Waals surface area contributed by atoms with Gasteiger partial charge < -0.3 is 10.1 Å². The highest BCUT2D eigenvalue weighted by Gasteiger charge is 2.16. The number of nitrogens with zero attached hydrogens (tertiary/aromatic N) is 1. The Bertz CT molecular complexity index is 452. The van der Waals surface area contributed by atoms with Crippen LogP contribution in [0.15, 0.2) is 22.7 Å². The molecule has 0 aromatic heterocycles. The van der Waals surface area contributed by atoms with Crippen LogP contribution in [0, 0.1) is 16.7 Å². The number of halogens is 1. The number of hydrogen-bond acceptors (Lipinski definition) is 3. The van der Waals surface area contributed by atoms with Crippen LogP contribution in [0.3, 0.4) is 0 Å². The standard InChI is InChI=1S/C15H21BrN2O/c1-4-18-10-12-5-6-14(13(16)9-12)19-8-7-15(2,3)11-17/h5-6,9,18H,4,7-8,10H2,1-3H3. The van der Waals surface area contributed by atoms with E-state index in [4.69, 9.17) is 10.00 Å². The van der Waals surface area contributed by atoms with Crippen LogP contribution in [0.1, 0.15) is 32.8 Å². The Hall–Kier alpha value is -1.05. The third kappa shape index (κ3) is 5.63. The van der Waals surface area contributed by atoms with Crippen LogP contribution in [-0.2, 0) is 6.54 Å². The van der Waals surface area contributed by atoms with Gasteiger partial charge in [0.15, 0.2) is 0 Å². The molecule has 0 heterocycles. The maximum absolute atomic E-state index is 8.94. The first kappa shape index (κ1) is 16.0. The monoisotopic (exact) mass is 324 g/mol. The highest BCUT2D eigenvalue weighted by Crippen LogP contribution is 2.27. The lowest BCUT2D eigenvalue weighted by molar-refractivity contribution is 0.263. The van der Waals surface area contributed by atoms with Gasteiger partial charge in [0.05, 0.1) is 22.6 Å². The molecule has 0 bridgehead atoms. The Labute approximate surface area is 124 Å². The van der Waals surface area contributed by atoms with E-state index in [0.717, 1.165) is 29.7 Å². The first-order chi connectivity index (χ1) is 8.98. The Morgan fingerprint density at radius 3 is 2.74 bits per heavy atom. The summed E-state index contributed by atoms with van der Waals surface area (Å²) in [7, 11) is 0. The molecular weight excluding hydrogens is 304 g/mol. The van der Waals surface area contributed by atoms with Crippen molar-refractivity contribution in [2.45, 2.75) is 33.7 Å². The fourth-order valence-electron chi connectivity index (χ4n) is 1.51. The lowest BCUT2D eigenvalue weighted by Gasteiger charge is -2.16. The van der Waals surface area contributed by atoms with Crippen molar-refractivity contribution in [3.63, 3.8) is 0 Å². The van der Waals surface area contributed by atoms with Crippen LogP contribution in [-0.4, -0.2) is 13.2 Å². The Kier molecular flexibility index (Phi) is 6.33.